The molecule has 0 bridgehead atoms. The minimum Gasteiger partial charge on any atom is -0.355 e. The highest BCUT2D eigenvalue weighted by atomic mass is 16.2. The number of carbonyl (C=O) groups is 3. The van der Waals surface area contributed by atoms with Crippen molar-refractivity contribution in [3.8, 4) is 0 Å². The topological polar surface area (TPSA) is 63.2 Å². The van der Waals surface area contributed by atoms with Crippen LogP contribution in [0.5, 0.6) is 0 Å². The van der Waals surface area contributed by atoms with Gasteiger partial charge in [0.15, 0.2) is 17.5 Å². The summed E-state index contributed by atoms with van der Waals surface area (Å²) < 4.78 is 0. The van der Waals surface area contributed by atoms with Gasteiger partial charge in [-0.2, -0.15) is 0 Å². The van der Waals surface area contributed by atoms with E-state index >= 15 is 0 Å². The molecule has 1 aromatic carbocycles. The summed E-state index contributed by atoms with van der Waals surface area (Å²) in [6, 6.07) is 6.98. The Morgan fingerprint density at radius 2 is 2.00 bits per heavy atom. The molecule has 1 amide bonds. The lowest BCUT2D eigenvalue weighted by Gasteiger charge is -2.20. The smallest absolute Gasteiger partial charge is 0.238 e. The molecule has 1 aliphatic rings. The Bertz CT molecular complexity index is 477. The lowest BCUT2D eigenvalue weighted by Crippen LogP contribution is -2.46. The SMILES string of the molecule is Cc1ccccc1C(=O)C1C(=O)CCNC1=O. The number of Topliss-reactive ketones (excluding diaryl/α,β-unsaturated/α-hetero) is 2. The van der Waals surface area contributed by atoms with Crippen molar-refractivity contribution >= 4 is 17.5 Å². The fraction of sp³-hybridized carbons (Fsp3) is 0.308. The maximum absolute atomic E-state index is 12.2. The molecule has 17 heavy (non-hydrogen) atoms. The number of amides is 1. The zero-order valence-corrected chi connectivity index (χ0v) is 9.53. The van der Waals surface area contributed by atoms with Crippen molar-refractivity contribution in [3.63, 3.8) is 0 Å². The van der Waals surface area contributed by atoms with Crippen molar-refractivity contribution in [1.82, 2.24) is 5.32 Å². The van der Waals surface area contributed by atoms with Gasteiger partial charge in [-0.1, -0.05) is 24.3 Å². The van der Waals surface area contributed by atoms with Crippen molar-refractivity contribution in [2.24, 2.45) is 5.92 Å². The van der Waals surface area contributed by atoms with E-state index in [1.165, 1.54) is 0 Å². The number of ketones is 2. The van der Waals surface area contributed by atoms with E-state index in [0.29, 0.717) is 12.1 Å². The number of hydrogen-bond donors (Lipinski definition) is 1. The number of nitrogens with one attached hydrogen (secondary N) is 1. The van der Waals surface area contributed by atoms with Gasteiger partial charge in [0.1, 0.15) is 0 Å². The largest absolute Gasteiger partial charge is 0.355 e. The van der Waals surface area contributed by atoms with E-state index in [1.807, 2.05) is 6.07 Å². The highest BCUT2D eigenvalue weighted by molar-refractivity contribution is 6.24. The summed E-state index contributed by atoms with van der Waals surface area (Å²) in [5.41, 5.74) is 1.23. The zero-order chi connectivity index (χ0) is 12.4. The minimum absolute atomic E-state index is 0.230. The van der Waals surface area contributed by atoms with Crippen molar-refractivity contribution in [2.75, 3.05) is 6.54 Å². The lowest BCUT2D eigenvalue weighted by molar-refractivity contribution is -0.134. The first-order valence-electron chi connectivity index (χ1n) is 5.51. The van der Waals surface area contributed by atoms with Gasteiger partial charge in [0, 0.05) is 18.5 Å². The Labute approximate surface area is 99.0 Å². The van der Waals surface area contributed by atoms with Crippen LogP contribution in [0.1, 0.15) is 22.3 Å². The maximum Gasteiger partial charge on any atom is 0.238 e. The van der Waals surface area contributed by atoms with Crippen LogP contribution in [0.2, 0.25) is 0 Å². The van der Waals surface area contributed by atoms with Crippen LogP contribution in [-0.2, 0) is 9.59 Å². The van der Waals surface area contributed by atoms with Gasteiger partial charge in [0.2, 0.25) is 5.91 Å². The van der Waals surface area contributed by atoms with E-state index in [4.69, 9.17) is 0 Å². The van der Waals surface area contributed by atoms with Gasteiger partial charge in [0.25, 0.3) is 0 Å². The highest BCUT2D eigenvalue weighted by Crippen LogP contribution is 2.17. The molecule has 1 atom stereocenters. The molecule has 1 N–H and O–H groups in total. The van der Waals surface area contributed by atoms with E-state index in [0.717, 1.165) is 5.56 Å². The van der Waals surface area contributed by atoms with E-state index in [9.17, 15) is 14.4 Å². The molecule has 0 saturated carbocycles. The Balaban J connectivity index is 2.34. The molecule has 1 heterocycles. The van der Waals surface area contributed by atoms with E-state index in [-0.39, 0.29) is 12.2 Å². The number of aryl methyl sites for hydroxylation is 1. The van der Waals surface area contributed by atoms with Gasteiger partial charge < -0.3 is 5.32 Å². The minimum atomic E-state index is -1.16. The summed E-state index contributed by atoms with van der Waals surface area (Å²) in [5.74, 6) is -2.33. The van der Waals surface area contributed by atoms with Crippen LogP contribution in [0.3, 0.4) is 0 Å². The maximum atomic E-state index is 12.2. The third kappa shape index (κ3) is 2.11. The number of rotatable bonds is 2. The normalized spacial score (nSPS) is 19.9. The third-order valence-corrected chi connectivity index (χ3v) is 2.93. The summed E-state index contributed by atoms with van der Waals surface area (Å²) in [6.45, 7) is 2.12. The van der Waals surface area contributed by atoms with Gasteiger partial charge in [-0.15, -0.1) is 0 Å². The molecule has 0 spiro atoms. The van der Waals surface area contributed by atoms with Crippen molar-refractivity contribution in [1.29, 1.82) is 0 Å². The molecule has 0 radical (unpaired) electrons. The second-order valence-electron chi connectivity index (χ2n) is 4.12. The van der Waals surface area contributed by atoms with Crippen LogP contribution < -0.4 is 5.32 Å². The fourth-order valence-corrected chi connectivity index (χ4v) is 1.97. The van der Waals surface area contributed by atoms with Crippen molar-refractivity contribution < 1.29 is 14.4 Å². The molecule has 88 valence electrons. The van der Waals surface area contributed by atoms with Crippen LogP contribution >= 0.6 is 0 Å². The molecule has 0 aliphatic carbocycles. The molecule has 4 nitrogen and oxygen atoms in total. The molecule has 1 aromatic rings. The first kappa shape index (κ1) is 11.5. The second-order valence-corrected chi connectivity index (χ2v) is 4.12. The quantitative estimate of drug-likeness (QED) is 0.607. The second kappa shape index (κ2) is 4.49. The summed E-state index contributed by atoms with van der Waals surface area (Å²) in [6.07, 6.45) is 0.230. The molecular weight excluding hydrogens is 218 g/mol. The zero-order valence-electron chi connectivity index (χ0n) is 9.53. The van der Waals surface area contributed by atoms with Crippen LogP contribution in [0.25, 0.3) is 0 Å². The molecule has 0 aromatic heterocycles. The average molecular weight is 231 g/mol. The van der Waals surface area contributed by atoms with Gasteiger partial charge in [-0.25, -0.2) is 0 Å². The van der Waals surface area contributed by atoms with Crippen LogP contribution in [0, 0.1) is 12.8 Å². The number of hydrogen-bond acceptors (Lipinski definition) is 3. The molecule has 1 fully saturated rings. The summed E-state index contributed by atoms with van der Waals surface area (Å²) in [5, 5.41) is 2.55. The van der Waals surface area contributed by atoms with Gasteiger partial charge in [-0.3, -0.25) is 14.4 Å². The van der Waals surface area contributed by atoms with Crippen LogP contribution in [-0.4, -0.2) is 24.0 Å². The van der Waals surface area contributed by atoms with Gasteiger partial charge in [0.05, 0.1) is 0 Å². The highest BCUT2D eigenvalue weighted by Gasteiger charge is 2.37. The molecule has 4 heteroatoms. The van der Waals surface area contributed by atoms with E-state index in [1.54, 1.807) is 25.1 Å². The predicted molar refractivity (Wildman–Crippen MR) is 61.6 cm³/mol. The van der Waals surface area contributed by atoms with Crippen molar-refractivity contribution in [3.05, 3.63) is 35.4 Å². The Kier molecular flexibility index (Phi) is 3.04. The van der Waals surface area contributed by atoms with E-state index in [2.05, 4.69) is 5.32 Å². The average Bonchev–Trinajstić information content (AvgIpc) is 2.29. The summed E-state index contributed by atoms with van der Waals surface area (Å²) in [4.78, 5) is 35.4. The van der Waals surface area contributed by atoms with Crippen LogP contribution in [0.4, 0.5) is 0 Å². The van der Waals surface area contributed by atoms with Gasteiger partial charge >= 0.3 is 0 Å². The van der Waals surface area contributed by atoms with Crippen LogP contribution in [0.15, 0.2) is 24.3 Å². The summed E-state index contributed by atoms with van der Waals surface area (Å²) >= 11 is 0. The summed E-state index contributed by atoms with van der Waals surface area (Å²) in [7, 11) is 0. The Morgan fingerprint density at radius 3 is 2.65 bits per heavy atom. The molecule has 1 unspecified atom stereocenters. The molecule has 1 saturated heterocycles. The fourth-order valence-electron chi connectivity index (χ4n) is 1.97. The molecule has 1 aliphatic heterocycles. The lowest BCUT2D eigenvalue weighted by atomic mass is 9.87. The first-order valence-corrected chi connectivity index (χ1v) is 5.51. The van der Waals surface area contributed by atoms with E-state index < -0.39 is 17.6 Å². The molecule has 2 rings (SSSR count). The number of benzene rings is 1. The first-order chi connectivity index (χ1) is 8.11. The Morgan fingerprint density at radius 1 is 1.29 bits per heavy atom. The number of piperidine rings is 1. The standard InChI is InChI=1S/C13H13NO3/c1-8-4-2-3-5-9(8)12(16)11-10(15)6-7-14-13(11)17/h2-5,11H,6-7H2,1H3,(H,14,17). The van der Waals surface area contributed by atoms with Crippen molar-refractivity contribution in [2.45, 2.75) is 13.3 Å². The molecular formula is C13H13NO3. The monoisotopic (exact) mass is 231 g/mol. The third-order valence-electron chi connectivity index (χ3n) is 2.93. The Hall–Kier alpha value is -1.97. The predicted octanol–water partition coefficient (Wildman–Crippen LogP) is 0.883. The van der Waals surface area contributed by atoms with Gasteiger partial charge in [-0.05, 0) is 12.5 Å². The number of carbonyl (C=O) groups excluding carboxylic acids is 3.